The third kappa shape index (κ3) is 5.26. The van der Waals surface area contributed by atoms with Gasteiger partial charge in [0.25, 0.3) is 0 Å². The van der Waals surface area contributed by atoms with Gasteiger partial charge in [0.2, 0.25) is 5.91 Å². The van der Waals surface area contributed by atoms with E-state index in [1.165, 1.54) is 5.57 Å². The summed E-state index contributed by atoms with van der Waals surface area (Å²) in [7, 11) is 0. The Morgan fingerprint density at radius 1 is 1.25 bits per heavy atom. The summed E-state index contributed by atoms with van der Waals surface area (Å²) in [5, 5.41) is 17.1. The maximum absolute atomic E-state index is 14.1. The highest BCUT2D eigenvalue weighted by Gasteiger charge is 2.32. The predicted octanol–water partition coefficient (Wildman–Crippen LogP) is 5.95. The van der Waals surface area contributed by atoms with Gasteiger partial charge in [0.1, 0.15) is 5.75 Å². The van der Waals surface area contributed by atoms with Gasteiger partial charge < -0.3 is 10.0 Å². The fraction of sp³-hybridized carbons (Fsp3) is 0.345. The first-order chi connectivity index (χ1) is 17.5. The molecule has 5 rings (SSSR count). The lowest BCUT2D eigenvalue weighted by Crippen LogP contribution is -2.36. The number of aromatic nitrogens is 3. The molecule has 0 fully saturated rings. The number of aromatic hydroxyl groups is 1. The maximum atomic E-state index is 14.1. The SMILES string of the molecule is CC(C)c1ccc(N(Cc2cnn(CC3=CCSC=C3)c2)C(=O)C2CCCc3c(O)cccc32)cn1. The number of carbonyl (C=O) groups excluding carboxylic acids is 1. The highest BCUT2D eigenvalue weighted by Crippen LogP contribution is 2.38. The molecule has 2 aromatic heterocycles. The molecule has 0 radical (unpaired) electrons. The minimum Gasteiger partial charge on any atom is -0.508 e. The minimum atomic E-state index is -0.296. The van der Waals surface area contributed by atoms with E-state index in [9.17, 15) is 9.90 Å². The normalized spacial score (nSPS) is 17.1. The molecule has 3 aromatic rings. The summed E-state index contributed by atoms with van der Waals surface area (Å²) in [5.41, 5.74) is 5.82. The van der Waals surface area contributed by atoms with Gasteiger partial charge in [0.15, 0.2) is 0 Å². The van der Waals surface area contributed by atoms with Crippen molar-refractivity contribution in [2.75, 3.05) is 10.7 Å². The van der Waals surface area contributed by atoms with Crippen molar-refractivity contribution in [1.82, 2.24) is 14.8 Å². The third-order valence-corrected chi connectivity index (χ3v) is 7.60. The summed E-state index contributed by atoms with van der Waals surface area (Å²) in [5.74, 6) is 1.32. The second-order valence-electron chi connectivity index (χ2n) is 9.77. The number of phenols is 1. The number of pyridine rings is 1. The number of hydrogen-bond donors (Lipinski definition) is 1. The number of fused-ring (bicyclic) bond motifs is 1. The van der Waals surface area contributed by atoms with Gasteiger partial charge in [-0.3, -0.25) is 14.5 Å². The van der Waals surface area contributed by atoms with Gasteiger partial charge >= 0.3 is 0 Å². The summed E-state index contributed by atoms with van der Waals surface area (Å²) < 4.78 is 1.93. The molecule has 0 saturated heterocycles. The maximum Gasteiger partial charge on any atom is 0.234 e. The summed E-state index contributed by atoms with van der Waals surface area (Å²) in [6.07, 6.45) is 12.5. The Kier molecular flexibility index (Phi) is 7.28. The summed E-state index contributed by atoms with van der Waals surface area (Å²) >= 11 is 1.78. The molecule has 6 nitrogen and oxygen atoms in total. The van der Waals surface area contributed by atoms with Crippen molar-refractivity contribution in [1.29, 1.82) is 0 Å². The van der Waals surface area contributed by atoms with E-state index in [4.69, 9.17) is 0 Å². The van der Waals surface area contributed by atoms with E-state index >= 15 is 0 Å². The number of nitrogens with zero attached hydrogens (tertiary/aromatic N) is 4. The van der Waals surface area contributed by atoms with Gasteiger partial charge in [-0.05, 0) is 65.5 Å². The average molecular weight is 501 g/mol. The molecule has 7 heteroatoms. The first kappa shape index (κ1) is 24.4. The number of amides is 1. The zero-order chi connectivity index (χ0) is 25.1. The van der Waals surface area contributed by atoms with Crippen LogP contribution in [-0.4, -0.2) is 31.5 Å². The van der Waals surface area contributed by atoms with Crippen molar-refractivity contribution < 1.29 is 9.90 Å². The minimum absolute atomic E-state index is 0.0309. The number of hydrogen-bond acceptors (Lipinski definition) is 5. The smallest absolute Gasteiger partial charge is 0.234 e. The fourth-order valence-electron chi connectivity index (χ4n) is 4.94. The Morgan fingerprint density at radius 3 is 2.89 bits per heavy atom. The lowest BCUT2D eigenvalue weighted by Gasteiger charge is -2.31. The van der Waals surface area contributed by atoms with Gasteiger partial charge in [-0.1, -0.05) is 38.1 Å². The van der Waals surface area contributed by atoms with Gasteiger partial charge in [-0.2, -0.15) is 5.10 Å². The molecular formula is C29H32N4O2S. The molecule has 1 aliphatic carbocycles. The van der Waals surface area contributed by atoms with Crippen LogP contribution in [0.4, 0.5) is 5.69 Å². The van der Waals surface area contributed by atoms with E-state index in [1.807, 2.05) is 46.2 Å². The molecular weight excluding hydrogens is 468 g/mol. The number of thioether (sulfide) groups is 1. The molecule has 1 aromatic carbocycles. The van der Waals surface area contributed by atoms with Crippen LogP contribution in [0.15, 0.2) is 72.1 Å². The molecule has 1 atom stereocenters. The summed E-state index contributed by atoms with van der Waals surface area (Å²) in [4.78, 5) is 20.6. The number of phenolic OH excluding ortho intramolecular Hbond substituents is 1. The number of anilines is 1. The predicted molar refractivity (Wildman–Crippen MR) is 145 cm³/mol. The molecule has 1 amide bonds. The van der Waals surface area contributed by atoms with Crippen LogP contribution >= 0.6 is 11.8 Å². The van der Waals surface area contributed by atoms with Crippen molar-refractivity contribution in [2.24, 2.45) is 0 Å². The van der Waals surface area contributed by atoms with Crippen LogP contribution in [-0.2, 0) is 24.3 Å². The number of carbonyl (C=O) groups is 1. The van der Waals surface area contributed by atoms with Crippen molar-refractivity contribution in [3.05, 3.63) is 94.4 Å². The zero-order valence-electron chi connectivity index (χ0n) is 20.8. The molecule has 1 N–H and O–H groups in total. The van der Waals surface area contributed by atoms with Crippen LogP contribution in [0, 0.1) is 0 Å². The molecule has 0 spiro atoms. The first-order valence-electron chi connectivity index (χ1n) is 12.6. The van der Waals surface area contributed by atoms with E-state index in [0.29, 0.717) is 19.0 Å². The second-order valence-corrected chi connectivity index (χ2v) is 10.7. The molecule has 1 aliphatic heterocycles. The Hall–Kier alpha value is -3.32. The summed E-state index contributed by atoms with van der Waals surface area (Å²) in [6.45, 7) is 5.35. The monoisotopic (exact) mass is 500 g/mol. The number of rotatable bonds is 7. The summed E-state index contributed by atoms with van der Waals surface area (Å²) in [6, 6.07) is 9.52. The van der Waals surface area contributed by atoms with E-state index < -0.39 is 0 Å². The standard InChI is InChI=1S/C29H32N4O2S/c1-20(2)27-10-9-23(16-30-27)33(19-22-15-31-32(18-22)17-21-11-13-36-14-12-21)29(35)26-7-3-6-25-24(26)5-4-8-28(25)34/h4-5,8-13,15-16,18,20,26,34H,3,6-7,14,17,19H2,1-2H3. The zero-order valence-corrected chi connectivity index (χ0v) is 21.6. The topological polar surface area (TPSA) is 71.2 Å². The third-order valence-electron chi connectivity index (χ3n) is 6.91. The lowest BCUT2D eigenvalue weighted by molar-refractivity contribution is -0.120. The van der Waals surface area contributed by atoms with Gasteiger partial charge in [0, 0.05) is 23.2 Å². The van der Waals surface area contributed by atoms with Gasteiger partial charge in [-0.15, -0.1) is 11.8 Å². The van der Waals surface area contributed by atoms with E-state index in [0.717, 1.165) is 53.1 Å². The molecule has 0 bridgehead atoms. The Morgan fingerprint density at radius 2 is 2.14 bits per heavy atom. The van der Waals surface area contributed by atoms with E-state index in [2.05, 4.69) is 41.5 Å². The Labute approximate surface area is 216 Å². The fourth-order valence-corrected chi connectivity index (χ4v) is 5.64. The van der Waals surface area contributed by atoms with Crippen molar-refractivity contribution >= 4 is 23.4 Å². The molecule has 0 saturated carbocycles. The van der Waals surface area contributed by atoms with Crippen LogP contribution < -0.4 is 4.90 Å². The highest BCUT2D eigenvalue weighted by atomic mass is 32.2. The molecule has 3 heterocycles. The van der Waals surface area contributed by atoms with Crippen molar-refractivity contribution in [3.63, 3.8) is 0 Å². The van der Waals surface area contributed by atoms with Crippen LogP contribution in [0.1, 0.15) is 60.9 Å². The molecule has 2 aliphatic rings. The average Bonchev–Trinajstić information content (AvgIpc) is 3.34. The van der Waals surface area contributed by atoms with E-state index in [-0.39, 0.29) is 17.6 Å². The van der Waals surface area contributed by atoms with Crippen molar-refractivity contribution in [3.8, 4) is 5.75 Å². The Balaban J connectivity index is 1.44. The van der Waals surface area contributed by atoms with Crippen LogP contribution in [0.3, 0.4) is 0 Å². The largest absolute Gasteiger partial charge is 0.508 e. The van der Waals surface area contributed by atoms with Crippen LogP contribution in [0.2, 0.25) is 0 Å². The van der Waals surface area contributed by atoms with Gasteiger partial charge in [-0.25, -0.2) is 0 Å². The lowest BCUT2D eigenvalue weighted by atomic mass is 9.81. The molecule has 36 heavy (non-hydrogen) atoms. The van der Waals surface area contributed by atoms with Crippen LogP contribution in [0.25, 0.3) is 0 Å². The van der Waals surface area contributed by atoms with Gasteiger partial charge in [0.05, 0.1) is 37.1 Å². The highest BCUT2D eigenvalue weighted by molar-refractivity contribution is 8.02. The van der Waals surface area contributed by atoms with Crippen molar-refractivity contribution in [2.45, 2.75) is 58.0 Å². The number of benzene rings is 1. The second kappa shape index (κ2) is 10.7. The first-order valence-corrected chi connectivity index (χ1v) is 13.6. The number of allylic oxidation sites excluding steroid dienone is 2. The molecule has 186 valence electrons. The van der Waals surface area contributed by atoms with E-state index in [1.54, 1.807) is 24.0 Å². The van der Waals surface area contributed by atoms with Crippen LogP contribution in [0.5, 0.6) is 5.75 Å². The quantitative estimate of drug-likeness (QED) is 0.434. The molecule has 1 unspecified atom stereocenters. The Bertz CT molecular complexity index is 1290.